The molecule has 3 rings (SSSR count). The van der Waals surface area contributed by atoms with Crippen molar-refractivity contribution in [1.29, 1.82) is 0 Å². The Morgan fingerprint density at radius 1 is 1.06 bits per heavy atom. The Morgan fingerprint density at radius 3 is 2.33 bits per heavy atom. The normalized spacial score (nSPS) is 12.5. The first kappa shape index (κ1) is 24.3. The third kappa shape index (κ3) is 6.14. The van der Waals surface area contributed by atoms with E-state index in [1.54, 1.807) is 58.9 Å². The summed E-state index contributed by atoms with van der Waals surface area (Å²) in [6.45, 7) is 8.76. The smallest absolute Gasteiger partial charge is 0.408 e. The summed E-state index contributed by atoms with van der Waals surface area (Å²) in [5.74, 6) is -0.716. The van der Waals surface area contributed by atoms with Crippen molar-refractivity contribution in [2.24, 2.45) is 5.92 Å². The van der Waals surface area contributed by atoms with E-state index in [0.717, 1.165) is 0 Å². The fourth-order valence-electron chi connectivity index (χ4n) is 3.11. The van der Waals surface area contributed by atoms with Gasteiger partial charge >= 0.3 is 12.1 Å². The molecule has 0 spiro atoms. The van der Waals surface area contributed by atoms with Gasteiger partial charge < -0.3 is 19.2 Å². The molecule has 0 saturated heterocycles. The van der Waals surface area contributed by atoms with Crippen LogP contribution in [0, 0.1) is 5.92 Å². The number of ether oxygens (including phenoxy) is 2. The molecule has 7 nitrogen and oxygen atoms in total. The van der Waals surface area contributed by atoms with Gasteiger partial charge in [-0.3, -0.25) is 4.79 Å². The van der Waals surface area contributed by atoms with Gasteiger partial charge in [0.2, 0.25) is 0 Å². The maximum absolute atomic E-state index is 12.9. The van der Waals surface area contributed by atoms with Gasteiger partial charge in [-0.15, -0.1) is 0 Å². The number of nitrogens with one attached hydrogen (secondary N) is 1. The summed E-state index contributed by atoms with van der Waals surface area (Å²) in [6.07, 6.45) is 0.651. The molecule has 0 fully saturated rings. The minimum atomic E-state index is -0.921. The zero-order valence-electron chi connectivity index (χ0n) is 19.1. The van der Waals surface area contributed by atoms with Crippen molar-refractivity contribution in [3.63, 3.8) is 0 Å². The van der Waals surface area contributed by atoms with Gasteiger partial charge in [-0.2, -0.15) is 0 Å². The number of benzene rings is 2. The maximum atomic E-state index is 12.9. The first-order valence-electron chi connectivity index (χ1n) is 10.5. The molecule has 1 unspecified atom stereocenters. The van der Waals surface area contributed by atoms with E-state index in [4.69, 9.17) is 25.5 Å². The monoisotopic (exact) mass is 471 g/mol. The minimum Gasteiger partial charge on any atom is -0.463 e. The van der Waals surface area contributed by atoms with E-state index in [1.165, 1.54) is 24.5 Å². The van der Waals surface area contributed by atoms with E-state index in [0.29, 0.717) is 21.5 Å². The zero-order chi connectivity index (χ0) is 24.3. The average Bonchev–Trinajstić information content (AvgIpc) is 2.71. The summed E-state index contributed by atoms with van der Waals surface area (Å²) in [7, 11) is 0. The number of amides is 1. The highest BCUT2D eigenvalue weighted by molar-refractivity contribution is 6.30. The lowest BCUT2D eigenvalue weighted by molar-refractivity contribution is -0.137. The van der Waals surface area contributed by atoms with E-state index < -0.39 is 23.7 Å². The number of carbonyl (C=O) groups is 2. The largest absolute Gasteiger partial charge is 0.463 e. The number of esters is 1. The third-order valence-electron chi connectivity index (χ3n) is 4.71. The van der Waals surface area contributed by atoms with E-state index in [9.17, 15) is 14.4 Å². The van der Waals surface area contributed by atoms with Crippen molar-refractivity contribution in [1.82, 2.24) is 5.32 Å². The van der Waals surface area contributed by atoms with Crippen molar-refractivity contribution in [2.45, 2.75) is 46.3 Å². The highest BCUT2D eigenvalue weighted by atomic mass is 35.5. The minimum absolute atomic E-state index is 0.187. The van der Waals surface area contributed by atoms with Gasteiger partial charge in [0, 0.05) is 11.1 Å². The van der Waals surface area contributed by atoms with Crippen LogP contribution in [0.3, 0.4) is 0 Å². The number of rotatable bonds is 5. The average molecular weight is 472 g/mol. The topological polar surface area (TPSA) is 94.8 Å². The van der Waals surface area contributed by atoms with Crippen LogP contribution < -0.4 is 15.5 Å². The molecule has 1 N–H and O–H groups in total. The highest BCUT2D eigenvalue weighted by Gasteiger charge is 2.28. The SMILES string of the molecule is CC(C)C(NC(=O)OC(C)(C)C)C(=O)Oc1ccc2c(=O)c(-c3ccc(Cl)cc3)coc2c1. The van der Waals surface area contributed by atoms with Gasteiger partial charge in [-0.05, 0) is 56.5 Å². The Morgan fingerprint density at radius 2 is 1.73 bits per heavy atom. The van der Waals surface area contributed by atoms with Gasteiger partial charge in [0.05, 0.1) is 10.9 Å². The van der Waals surface area contributed by atoms with Crippen molar-refractivity contribution < 1.29 is 23.5 Å². The molecule has 0 radical (unpaired) electrons. The molecule has 0 aliphatic heterocycles. The number of fused-ring (bicyclic) bond motifs is 1. The second kappa shape index (κ2) is 9.67. The molecule has 0 saturated carbocycles. The molecule has 1 heterocycles. The van der Waals surface area contributed by atoms with Gasteiger partial charge in [-0.1, -0.05) is 37.6 Å². The molecule has 1 atom stereocenters. The van der Waals surface area contributed by atoms with E-state index in [1.807, 2.05) is 0 Å². The molecule has 1 amide bonds. The van der Waals surface area contributed by atoms with Crippen LogP contribution >= 0.6 is 11.6 Å². The van der Waals surface area contributed by atoms with Crippen molar-refractivity contribution >= 4 is 34.6 Å². The van der Waals surface area contributed by atoms with Crippen LogP contribution in [0.5, 0.6) is 5.75 Å². The Labute approximate surface area is 196 Å². The summed E-state index contributed by atoms with van der Waals surface area (Å²) >= 11 is 5.92. The van der Waals surface area contributed by atoms with Crippen molar-refractivity contribution in [3.8, 4) is 16.9 Å². The number of hydrogen-bond acceptors (Lipinski definition) is 6. The molecular formula is C25H26ClNO6. The van der Waals surface area contributed by atoms with Crippen molar-refractivity contribution in [3.05, 3.63) is 64.0 Å². The second-order valence-corrected chi connectivity index (χ2v) is 9.37. The van der Waals surface area contributed by atoms with Crippen LogP contribution in [0.15, 0.2) is 57.9 Å². The maximum Gasteiger partial charge on any atom is 0.408 e. The van der Waals surface area contributed by atoms with Crippen LogP contribution in [-0.2, 0) is 9.53 Å². The second-order valence-electron chi connectivity index (χ2n) is 8.93. The lowest BCUT2D eigenvalue weighted by Crippen LogP contribution is -2.48. The summed E-state index contributed by atoms with van der Waals surface area (Å²) in [5.41, 5.74) is 0.423. The molecule has 1 aromatic heterocycles. The van der Waals surface area contributed by atoms with E-state index in [-0.39, 0.29) is 22.7 Å². The van der Waals surface area contributed by atoms with Crippen LogP contribution in [0.25, 0.3) is 22.1 Å². The van der Waals surface area contributed by atoms with Gasteiger partial charge in [0.1, 0.15) is 29.2 Å². The quantitative estimate of drug-likeness (QED) is 0.386. The van der Waals surface area contributed by atoms with Crippen LogP contribution in [0.4, 0.5) is 4.79 Å². The predicted octanol–water partition coefficient (Wildman–Crippen LogP) is 5.57. The summed E-state index contributed by atoms with van der Waals surface area (Å²) in [5, 5.41) is 3.46. The lowest BCUT2D eigenvalue weighted by Gasteiger charge is -2.24. The lowest BCUT2D eigenvalue weighted by atomic mass is 10.0. The Hall–Kier alpha value is -3.32. The molecular weight excluding hydrogens is 446 g/mol. The first-order chi connectivity index (χ1) is 15.4. The summed E-state index contributed by atoms with van der Waals surface area (Å²) in [6, 6.07) is 10.4. The van der Waals surface area contributed by atoms with E-state index >= 15 is 0 Å². The summed E-state index contributed by atoms with van der Waals surface area (Å²) < 4.78 is 16.3. The number of alkyl carbamates (subject to hydrolysis) is 1. The molecule has 174 valence electrons. The highest BCUT2D eigenvalue weighted by Crippen LogP contribution is 2.24. The zero-order valence-corrected chi connectivity index (χ0v) is 19.9. The predicted molar refractivity (Wildman–Crippen MR) is 127 cm³/mol. The fourth-order valence-corrected chi connectivity index (χ4v) is 3.24. The Kier molecular flexibility index (Phi) is 7.12. The number of hydrogen-bond donors (Lipinski definition) is 1. The van der Waals surface area contributed by atoms with Crippen molar-refractivity contribution in [2.75, 3.05) is 0 Å². The molecule has 2 aromatic carbocycles. The van der Waals surface area contributed by atoms with Gasteiger partial charge in [0.25, 0.3) is 0 Å². The Bertz CT molecular complexity index is 1220. The Balaban J connectivity index is 1.81. The molecule has 0 aliphatic carbocycles. The molecule has 33 heavy (non-hydrogen) atoms. The van der Waals surface area contributed by atoms with Gasteiger partial charge in [0.15, 0.2) is 5.43 Å². The summed E-state index contributed by atoms with van der Waals surface area (Å²) in [4.78, 5) is 37.8. The first-order valence-corrected chi connectivity index (χ1v) is 10.8. The fraction of sp³-hybridized carbons (Fsp3) is 0.320. The van der Waals surface area contributed by atoms with E-state index in [2.05, 4.69) is 5.32 Å². The standard InChI is InChI=1S/C25H26ClNO6/c1-14(2)21(27-24(30)33-25(3,4)5)23(29)32-17-10-11-18-20(12-17)31-13-19(22(18)28)15-6-8-16(26)9-7-15/h6-14,21H,1-5H3,(H,27,30). The van der Waals surface area contributed by atoms with Crippen LogP contribution in [-0.4, -0.2) is 23.7 Å². The third-order valence-corrected chi connectivity index (χ3v) is 4.96. The van der Waals surface area contributed by atoms with Crippen LogP contribution in [0.1, 0.15) is 34.6 Å². The molecule has 8 heteroatoms. The molecule has 0 aliphatic rings. The molecule has 3 aromatic rings. The van der Waals surface area contributed by atoms with Crippen LogP contribution in [0.2, 0.25) is 5.02 Å². The number of halogens is 1. The van der Waals surface area contributed by atoms with Gasteiger partial charge in [-0.25, -0.2) is 9.59 Å². The molecule has 0 bridgehead atoms. The number of carbonyl (C=O) groups excluding carboxylic acids is 2.